The van der Waals surface area contributed by atoms with E-state index in [4.69, 9.17) is 4.74 Å². The van der Waals surface area contributed by atoms with Crippen LogP contribution in [0.15, 0.2) is 0 Å². The lowest BCUT2D eigenvalue weighted by molar-refractivity contribution is 0.0663. The summed E-state index contributed by atoms with van der Waals surface area (Å²) in [5.74, 6) is 0.789. The summed E-state index contributed by atoms with van der Waals surface area (Å²) in [6, 6.07) is 0. The van der Waals surface area contributed by atoms with Gasteiger partial charge in [-0.2, -0.15) is 0 Å². The van der Waals surface area contributed by atoms with Gasteiger partial charge < -0.3 is 9.84 Å². The van der Waals surface area contributed by atoms with Crippen molar-refractivity contribution in [3.8, 4) is 0 Å². The first-order valence-corrected chi connectivity index (χ1v) is 6.63. The molecule has 1 saturated heterocycles. The fraction of sp³-hybridized carbons (Fsp3) is 1.00. The summed E-state index contributed by atoms with van der Waals surface area (Å²) in [6.07, 6.45) is 5.91. The molecule has 0 bridgehead atoms. The highest BCUT2D eigenvalue weighted by molar-refractivity contribution is 4.99. The first-order chi connectivity index (χ1) is 7.23. The van der Waals surface area contributed by atoms with E-state index in [9.17, 15) is 5.11 Å². The van der Waals surface area contributed by atoms with Crippen LogP contribution in [-0.4, -0.2) is 22.4 Å². The van der Waals surface area contributed by atoms with Gasteiger partial charge in [0.05, 0.1) is 17.3 Å². The molecule has 2 heteroatoms. The number of aliphatic hydroxyl groups is 1. The summed E-state index contributed by atoms with van der Waals surface area (Å²) in [7, 11) is 0. The minimum atomic E-state index is -0.551. The van der Waals surface area contributed by atoms with E-state index in [1.165, 1.54) is 19.3 Å². The van der Waals surface area contributed by atoms with Gasteiger partial charge >= 0.3 is 0 Å². The summed E-state index contributed by atoms with van der Waals surface area (Å²) in [5, 5.41) is 9.66. The highest BCUT2D eigenvalue weighted by Crippen LogP contribution is 2.44. The number of rotatable bonds is 7. The van der Waals surface area contributed by atoms with Crippen LogP contribution in [-0.2, 0) is 4.74 Å². The average Bonchev–Trinajstić information content (AvgIpc) is 2.72. The predicted molar refractivity (Wildman–Crippen MR) is 67.5 cm³/mol. The third-order valence-electron chi connectivity index (χ3n) is 3.51. The van der Waals surface area contributed by atoms with Crippen LogP contribution in [0.5, 0.6) is 0 Å². The molecule has 1 aliphatic rings. The number of hydrogen-bond acceptors (Lipinski definition) is 2. The Morgan fingerprint density at radius 2 is 2.00 bits per heavy atom. The van der Waals surface area contributed by atoms with E-state index in [-0.39, 0.29) is 5.60 Å². The second-order valence-corrected chi connectivity index (χ2v) is 6.56. The summed E-state index contributed by atoms with van der Waals surface area (Å²) in [5.41, 5.74) is -0.440. The van der Waals surface area contributed by atoms with Crippen LogP contribution < -0.4 is 0 Å². The summed E-state index contributed by atoms with van der Waals surface area (Å²) < 4.78 is 5.77. The van der Waals surface area contributed by atoms with E-state index >= 15 is 0 Å². The van der Waals surface area contributed by atoms with Crippen molar-refractivity contribution < 1.29 is 9.84 Å². The minimum absolute atomic E-state index is 0.111. The minimum Gasteiger partial charge on any atom is -0.390 e. The average molecular weight is 228 g/mol. The second-order valence-electron chi connectivity index (χ2n) is 6.56. The molecule has 96 valence electrons. The van der Waals surface area contributed by atoms with E-state index in [0.29, 0.717) is 6.10 Å². The first-order valence-electron chi connectivity index (χ1n) is 6.63. The fourth-order valence-electron chi connectivity index (χ4n) is 2.22. The molecule has 0 aliphatic carbocycles. The van der Waals surface area contributed by atoms with E-state index in [2.05, 4.69) is 20.8 Å². The van der Waals surface area contributed by atoms with Gasteiger partial charge in [-0.3, -0.25) is 0 Å². The maximum absolute atomic E-state index is 9.66. The summed E-state index contributed by atoms with van der Waals surface area (Å²) >= 11 is 0. The van der Waals surface area contributed by atoms with Crippen LogP contribution in [0.25, 0.3) is 0 Å². The van der Waals surface area contributed by atoms with Crippen molar-refractivity contribution in [2.24, 2.45) is 5.92 Å². The Kier molecular flexibility index (Phi) is 4.42. The van der Waals surface area contributed by atoms with Crippen molar-refractivity contribution in [2.75, 3.05) is 0 Å². The normalized spacial score (nSPS) is 29.8. The van der Waals surface area contributed by atoms with E-state index in [0.717, 1.165) is 18.8 Å². The summed E-state index contributed by atoms with van der Waals surface area (Å²) in [6.45, 7) is 10.5. The Bertz CT molecular complexity index is 217. The zero-order valence-electron chi connectivity index (χ0n) is 11.5. The Morgan fingerprint density at radius 1 is 1.38 bits per heavy atom. The number of epoxide rings is 1. The first kappa shape index (κ1) is 14.0. The molecule has 1 heterocycles. The lowest BCUT2D eigenvalue weighted by atomic mass is 9.92. The second kappa shape index (κ2) is 5.05. The predicted octanol–water partition coefficient (Wildman–Crippen LogP) is 3.52. The molecule has 0 aromatic heterocycles. The standard InChI is InChI=1S/C14H28O2/c1-11(2)7-6-9-14(5)12(16-14)8-10-13(3,4)15/h11-12,15H,6-10H2,1-5H3/t12-,14-/m1/s1. The van der Waals surface area contributed by atoms with Gasteiger partial charge in [0.15, 0.2) is 0 Å². The van der Waals surface area contributed by atoms with Crippen LogP contribution in [0.2, 0.25) is 0 Å². The quantitative estimate of drug-likeness (QED) is 0.676. The van der Waals surface area contributed by atoms with Gasteiger partial charge in [-0.25, -0.2) is 0 Å². The van der Waals surface area contributed by atoms with Crippen molar-refractivity contribution in [2.45, 2.75) is 84.0 Å². The van der Waals surface area contributed by atoms with Crippen LogP contribution in [0.3, 0.4) is 0 Å². The monoisotopic (exact) mass is 228 g/mol. The molecule has 0 aromatic rings. The molecular weight excluding hydrogens is 200 g/mol. The third kappa shape index (κ3) is 4.84. The number of ether oxygens (including phenoxy) is 1. The van der Waals surface area contributed by atoms with Crippen LogP contribution in [0.4, 0.5) is 0 Å². The zero-order valence-corrected chi connectivity index (χ0v) is 11.5. The maximum Gasteiger partial charge on any atom is 0.0920 e. The molecule has 0 spiro atoms. The SMILES string of the molecule is CC(C)CCC[C@@]1(C)O[C@@H]1CCC(C)(C)O. The zero-order chi connectivity index (χ0) is 12.4. The molecule has 2 nitrogen and oxygen atoms in total. The molecule has 2 atom stereocenters. The lowest BCUT2D eigenvalue weighted by Gasteiger charge is -2.16. The largest absolute Gasteiger partial charge is 0.390 e. The van der Waals surface area contributed by atoms with Gasteiger partial charge in [0.2, 0.25) is 0 Å². The third-order valence-corrected chi connectivity index (χ3v) is 3.51. The maximum atomic E-state index is 9.66. The Labute approximate surface area is 100 Å². The van der Waals surface area contributed by atoms with Gasteiger partial charge in [0, 0.05) is 0 Å². The highest BCUT2D eigenvalue weighted by atomic mass is 16.6. The molecule has 0 aromatic carbocycles. The van der Waals surface area contributed by atoms with Crippen molar-refractivity contribution >= 4 is 0 Å². The van der Waals surface area contributed by atoms with E-state index in [1.807, 2.05) is 13.8 Å². The van der Waals surface area contributed by atoms with Gasteiger partial charge in [0.1, 0.15) is 0 Å². The van der Waals surface area contributed by atoms with Gasteiger partial charge in [0.25, 0.3) is 0 Å². The van der Waals surface area contributed by atoms with E-state index < -0.39 is 5.60 Å². The fourth-order valence-corrected chi connectivity index (χ4v) is 2.22. The Balaban J connectivity index is 2.15. The molecule has 1 aliphatic heterocycles. The molecular formula is C14H28O2. The van der Waals surface area contributed by atoms with Crippen molar-refractivity contribution in [1.29, 1.82) is 0 Å². The molecule has 0 amide bonds. The molecule has 1 N–H and O–H groups in total. The van der Waals surface area contributed by atoms with Crippen molar-refractivity contribution in [3.63, 3.8) is 0 Å². The molecule has 0 unspecified atom stereocenters. The summed E-state index contributed by atoms with van der Waals surface area (Å²) in [4.78, 5) is 0. The Morgan fingerprint density at radius 3 is 2.50 bits per heavy atom. The van der Waals surface area contributed by atoms with Crippen LogP contribution in [0, 0.1) is 5.92 Å². The molecule has 1 rings (SSSR count). The van der Waals surface area contributed by atoms with Crippen molar-refractivity contribution in [3.05, 3.63) is 0 Å². The molecule has 0 radical (unpaired) electrons. The molecule has 0 saturated carbocycles. The van der Waals surface area contributed by atoms with Crippen molar-refractivity contribution in [1.82, 2.24) is 0 Å². The van der Waals surface area contributed by atoms with Gasteiger partial charge in [-0.05, 0) is 46.0 Å². The van der Waals surface area contributed by atoms with E-state index in [1.54, 1.807) is 0 Å². The van der Waals surface area contributed by atoms with Gasteiger partial charge in [-0.15, -0.1) is 0 Å². The van der Waals surface area contributed by atoms with Crippen LogP contribution >= 0.6 is 0 Å². The molecule has 1 fully saturated rings. The number of hydrogen-bond donors (Lipinski definition) is 1. The van der Waals surface area contributed by atoms with Crippen LogP contribution in [0.1, 0.15) is 66.7 Å². The lowest BCUT2D eigenvalue weighted by Crippen LogP contribution is -2.20. The highest BCUT2D eigenvalue weighted by Gasteiger charge is 2.51. The Hall–Kier alpha value is -0.0800. The smallest absolute Gasteiger partial charge is 0.0920 e. The van der Waals surface area contributed by atoms with Gasteiger partial charge in [-0.1, -0.05) is 26.7 Å². The molecule has 16 heavy (non-hydrogen) atoms. The topological polar surface area (TPSA) is 32.8 Å².